The van der Waals surface area contributed by atoms with Crippen molar-refractivity contribution in [3.63, 3.8) is 0 Å². The first-order valence-electron chi connectivity index (χ1n) is 27.1. The molecule has 0 atom stereocenters. The van der Waals surface area contributed by atoms with Gasteiger partial charge in [-0.05, 0) is 27.7 Å². The second-order valence-corrected chi connectivity index (χ2v) is 22.1. The molecule has 78 heavy (non-hydrogen) atoms. The first-order chi connectivity index (χ1) is 37.0. The van der Waals surface area contributed by atoms with Gasteiger partial charge in [0.2, 0.25) is 0 Å². The third kappa shape index (κ3) is 18.3. The van der Waals surface area contributed by atoms with Crippen molar-refractivity contribution >= 4 is 49.5 Å². The van der Waals surface area contributed by atoms with Crippen LogP contribution in [0.1, 0.15) is 111 Å². The fourth-order valence-corrected chi connectivity index (χ4v) is 11.0. The van der Waals surface area contributed by atoms with Crippen LogP contribution in [0.15, 0.2) is 241 Å². The van der Waals surface area contributed by atoms with E-state index in [0.29, 0.717) is 0 Å². The van der Waals surface area contributed by atoms with Gasteiger partial charge in [-0.1, -0.05) is 124 Å². The van der Waals surface area contributed by atoms with Crippen LogP contribution in [0.5, 0.6) is 0 Å². The maximum absolute atomic E-state index is 3.33. The first kappa shape index (κ1) is 63.4. The second kappa shape index (κ2) is 32.6. The Morgan fingerprint density at radius 3 is 0.795 bits per heavy atom. The number of allylic oxidation sites excluding steroid dienone is 8. The van der Waals surface area contributed by atoms with Crippen molar-refractivity contribution in [2.45, 2.75) is 93.9 Å². The van der Waals surface area contributed by atoms with Crippen molar-refractivity contribution in [1.29, 1.82) is 0 Å². The molecule has 0 unspecified atom stereocenters. The van der Waals surface area contributed by atoms with E-state index >= 15 is 0 Å². The van der Waals surface area contributed by atoms with Crippen LogP contribution in [0, 0.1) is 39.8 Å². The number of benzene rings is 8. The fraction of sp³-hybridized carbons (Fsp3) is 0.189. The van der Waals surface area contributed by atoms with Crippen LogP contribution in [-0.4, -0.2) is 6.41 Å². The van der Waals surface area contributed by atoms with Crippen molar-refractivity contribution in [2.75, 3.05) is 0 Å². The summed E-state index contributed by atoms with van der Waals surface area (Å²) in [7, 11) is 0. The van der Waals surface area contributed by atoms with E-state index in [1.165, 1.54) is 178 Å². The van der Waals surface area contributed by atoms with E-state index in [1.54, 1.807) is 0 Å². The molecule has 392 valence electrons. The quantitative estimate of drug-likeness (QED) is 0.133. The molecule has 10 aromatic carbocycles. The van der Waals surface area contributed by atoms with Gasteiger partial charge in [0.25, 0.3) is 0 Å². The van der Waals surface area contributed by atoms with Crippen molar-refractivity contribution < 1.29 is 73.3 Å². The number of hydrogen-bond acceptors (Lipinski definition) is 0. The summed E-state index contributed by atoms with van der Waals surface area (Å²) in [5.41, 5.74) is 16.5. The number of rotatable bonds is 8. The van der Waals surface area contributed by atoms with E-state index in [2.05, 4.69) is 286 Å². The number of halogens is 2. The molecule has 0 aliphatic heterocycles. The number of hydrogen-bond donors (Lipinski definition) is 0. The molecule has 0 saturated carbocycles. The molecule has 10 aromatic rings. The van der Waals surface area contributed by atoms with E-state index in [-0.39, 0.29) is 24.8 Å². The van der Waals surface area contributed by atoms with E-state index in [9.17, 15) is 0 Å². The summed E-state index contributed by atoms with van der Waals surface area (Å²) in [5.74, 6) is 0. The van der Waals surface area contributed by atoms with Gasteiger partial charge in [0.05, 0.1) is 0 Å². The monoisotopic (exact) mass is 1210 g/mol. The molecule has 0 heterocycles. The molecule has 4 heteroatoms. The minimum atomic E-state index is 0. The van der Waals surface area contributed by atoms with Gasteiger partial charge >= 0.3 is 198 Å². The summed E-state index contributed by atoms with van der Waals surface area (Å²) < 4.78 is 2.83. The molecule has 12 rings (SSSR count). The summed E-state index contributed by atoms with van der Waals surface area (Å²) in [5, 5.41) is 10.9. The van der Waals surface area contributed by atoms with Gasteiger partial charge < -0.3 is 24.8 Å². The summed E-state index contributed by atoms with van der Waals surface area (Å²) >= 11 is 2.92. The summed E-state index contributed by atoms with van der Waals surface area (Å²) in [6.45, 7) is 17.3. The second-order valence-electron chi connectivity index (χ2n) is 19.6. The van der Waals surface area contributed by atoms with Gasteiger partial charge in [-0.3, -0.25) is 12.2 Å². The van der Waals surface area contributed by atoms with Gasteiger partial charge in [-0.2, -0.15) is 11.1 Å². The van der Waals surface area contributed by atoms with Gasteiger partial charge in [-0.25, -0.2) is 23.3 Å². The molecule has 0 N–H and O–H groups in total. The molecule has 0 bridgehead atoms. The predicted molar refractivity (Wildman–Crippen MR) is 325 cm³/mol. The topological polar surface area (TPSA) is 0 Å². The van der Waals surface area contributed by atoms with Crippen LogP contribution in [0.2, 0.25) is 0 Å². The molecule has 0 amide bonds. The van der Waals surface area contributed by atoms with Gasteiger partial charge in [0.15, 0.2) is 0 Å². The normalized spacial score (nSPS) is 11.9. The maximum atomic E-state index is 3.33. The van der Waals surface area contributed by atoms with Crippen LogP contribution in [0.3, 0.4) is 0 Å². The van der Waals surface area contributed by atoms with Crippen molar-refractivity contribution in [1.82, 2.24) is 0 Å². The van der Waals surface area contributed by atoms with Crippen molar-refractivity contribution in [2.24, 2.45) is 0 Å². The van der Waals surface area contributed by atoms with Gasteiger partial charge in [0, 0.05) is 0 Å². The zero-order valence-corrected chi connectivity index (χ0v) is 53.2. The Morgan fingerprint density at radius 1 is 0.359 bits per heavy atom. The molecular formula is C74H72Cl2Zr2-2. The molecule has 0 spiro atoms. The van der Waals surface area contributed by atoms with E-state index < -0.39 is 0 Å². The summed E-state index contributed by atoms with van der Waals surface area (Å²) in [6.07, 6.45) is 18.1. The molecule has 0 radical (unpaired) electrons. The third-order valence-electron chi connectivity index (χ3n) is 13.8. The Hall–Kier alpha value is -5.45. The SMILES string of the molecule is CCC1=[C-]CC(CC)=C1.CCC1=[C-]CC(CC)=C1.Cc1ccc2c(c1)[cH-]c1cc(C)ccc12.Cc1ccc2c(c1)[cH-]c1cc(C)ccc12.[Cl-].[Cl-].[Zr+2]=[C](c1ccccc1)c1ccccc1.[Zr+2]=[C](c1ccccc1)c1ccccc1. The standard InChI is InChI=1S/2C15H13.2C13H10.2C9H13.2ClH.2Zr/c2*1-10-3-5-14-12(7-10)9-13-8-11(2)4-6-15(13)14;2*1-3-7-12(8-4-1)11-13-9-5-2-6-10-13;2*1-3-8-5-6-9(4-2)7-8;;;;/h2*3-9H,1-2H3;2*1-10H;2*7H,3-5H2,1-2H3;2*1H;;/q2*-1;;;2*-1;;;2*+2/p-2. The zero-order chi connectivity index (χ0) is 53.8. The number of aryl methyl sites for hydroxylation is 4. The van der Waals surface area contributed by atoms with E-state index in [0.717, 1.165) is 25.7 Å². The van der Waals surface area contributed by atoms with Crippen LogP contribution in [0.4, 0.5) is 0 Å². The molecule has 0 aromatic heterocycles. The molecule has 0 fully saturated rings. The molecule has 0 saturated heterocycles. The first-order valence-corrected chi connectivity index (χ1v) is 29.5. The summed E-state index contributed by atoms with van der Waals surface area (Å²) in [6, 6.07) is 73.4. The van der Waals surface area contributed by atoms with Crippen molar-refractivity contribution in [3.8, 4) is 0 Å². The summed E-state index contributed by atoms with van der Waals surface area (Å²) in [4.78, 5) is 0. The third-order valence-corrected chi connectivity index (χ3v) is 16.6. The van der Waals surface area contributed by atoms with E-state index in [1.807, 2.05) is 0 Å². The van der Waals surface area contributed by atoms with Crippen molar-refractivity contribution in [3.05, 3.63) is 297 Å². The Bertz CT molecular complexity index is 3190. The number of fused-ring (bicyclic) bond motifs is 6. The Balaban J connectivity index is 0.000000173. The van der Waals surface area contributed by atoms with Crippen LogP contribution in [-0.2, 0) is 48.5 Å². The average Bonchev–Trinajstić information content (AvgIpc) is 4.31. The van der Waals surface area contributed by atoms with Gasteiger partial charge in [0.1, 0.15) is 0 Å². The zero-order valence-electron chi connectivity index (χ0n) is 46.8. The molecular weight excluding hydrogens is 1140 g/mol. The predicted octanol–water partition coefficient (Wildman–Crippen LogP) is 14.0. The Labute approximate surface area is 509 Å². The minimum absolute atomic E-state index is 0. The van der Waals surface area contributed by atoms with Crippen LogP contribution < -0.4 is 24.8 Å². The Morgan fingerprint density at radius 2 is 0.603 bits per heavy atom. The molecule has 0 nitrogen and oxygen atoms in total. The Kier molecular flexibility index (Phi) is 26.5. The van der Waals surface area contributed by atoms with Crippen LogP contribution in [0.25, 0.3) is 43.1 Å². The average molecular weight is 1210 g/mol. The van der Waals surface area contributed by atoms with E-state index in [4.69, 9.17) is 0 Å². The molecule has 2 aliphatic rings. The van der Waals surface area contributed by atoms with Crippen LogP contribution >= 0.6 is 0 Å². The fourth-order valence-electron chi connectivity index (χ4n) is 9.33. The molecule has 2 aliphatic carbocycles. The van der Waals surface area contributed by atoms with Gasteiger partial charge in [-0.15, -0.1) is 92.3 Å².